The second-order valence-corrected chi connectivity index (χ2v) is 28.1. The fourth-order valence-corrected chi connectivity index (χ4v) is 12.2. The van der Waals surface area contributed by atoms with Gasteiger partial charge >= 0.3 is 16.5 Å². The molecule has 8 heteroatoms. The first kappa shape index (κ1) is 58.9. The fourth-order valence-electron chi connectivity index (χ4n) is 9.74. The van der Waals surface area contributed by atoms with Crippen molar-refractivity contribution in [2.45, 2.75) is 262 Å². The van der Waals surface area contributed by atoms with Crippen molar-refractivity contribution in [2.75, 3.05) is 0 Å². The molecule has 4 aromatic carbocycles. The van der Waals surface area contributed by atoms with E-state index in [0.29, 0.717) is 12.3 Å². The van der Waals surface area contributed by atoms with Gasteiger partial charge in [-0.25, -0.2) is 0 Å². The summed E-state index contributed by atoms with van der Waals surface area (Å²) in [5.41, 5.74) is 12.8. The Labute approximate surface area is 444 Å². The molecule has 0 bridgehead atoms. The van der Waals surface area contributed by atoms with Crippen molar-refractivity contribution in [2.24, 2.45) is 5.92 Å². The molecule has 2 heterocycles. The average molecular weight is 1040 g/mol. The highest BCUT2D eigenvalue weighted by Gasteiger charge is 2.33. The number of hydrogen-bond donors (Lipinski definition) is 0. The molecule has 2 aromatic heterocycles. The Morgan fingerprint density at radius 3 is 1.01 bits per heavy atom. The van der Waals surface area contributed by atoms with Crippen LogP contribution in [-0.4, -0.2) is 12.2 Å². The number of fused-ring (bicyclic) bond motifs is 6. The molecule has 0 N–H and O–H groups in total. The molecule has 2 unspecified atom stereocenters. The maximum atomic E-state index is 7.31. The summed E-state index contributed by atoms with van der Waals surface area (Å²) in [6.07, 6.45) is 7.86. The minimum Gasteiger partial charge on any atom is -0.399 e. The summed E-state index contributed by atoms with van der Waals surface area (Å²) in [5.74, 6) is 0.486. The van der Waals surface area contributed by atoms with Gasteiger partial charge in [0.2, 0.25) is 0 Å². The molecule has 0 saturated heterocycles. The molecule has 6 aromatic rings. The fraction of sp³-hybridized carbons (Fsp3) is 0.631. The molecule has 0 saturated carbocycles. The lowest BCUT2D eigenvalue weighted by Crippen LogP contribution is -2.21. The largest absolute Gasteiger partial charge is 0.399 e. The van der Waals surface area contributed by atoms with Crippen LogP contribution in [0.4, 0.5) is 0 Å². The summed E-state index contributed by atoms with van der Waals surface area (Å²) in [4.78, 5) is 0. The third kappa shape index (κ3) is 12.4. The van der Waals surface area contributed by atoms with Crippen LogP contribution in [0.2, 0.25) is 0 Å². The van der Waals surface area contributed by atoms with Gasteiger partial charge in [-0.2, -0.15) is 0 Å². The lowest BCUT2D eigenvalue weighted by Gasteiger charge is -2.30. The van der Waals surface area contributed by atoms with Crippen LogP contribution in [0, 0.1) is 12.8 Å². The Kier molecular flexibility index (Phi) is 18.0. The third-order valence-corrected chi connectivity index (χ3v) is 20.5. The van der Waals surface area contributed by atoms with Gasteiger partial charge < -0.3 is 16.8 Å². The number of hydrogen-bond acceptors (Lipinski definition) is 6. The maximum absolute atomic E-state index is 7.31. The SMILES string of the molecule is CCC(C)Cc1cc(C)cc2c1op(O[C@H](C)C[C@@H](C)Op1oc3c(C(C)(C)CC)cc(C(C)(C)CC)cc3c3cc(C(C)(C)CC)cc(C(C)(C)CC)c3o1)oc1c(C(C)(C)CC)cc(C(C)(C)CC)cc12. The summed E-state index contributed by atoms with van der Waals surface area (Å²) >= 11 is 0. The van der Waals surface area contributed by atoms with Gasteiger partial charge in [0.1, 0.15) is 22.3 Å². The van der Waals surface area contributed by atoms with E-state index in [1.165, 1.54) is 44.5 Å². The van der Waals surface area contributed by atoms with E-state index in [2.05, 4.69) is 208 Å². The molecule has 0 aliphatic rings. The van der Waals surface area contributed by atoms with E-state index in [1.807, 2.05) is 0 Å². The Morgan fingerprint density at radius 1 is 0.411 bits per heavy atom. The van der Waals surface area contributed by atoms with E-state index in [9.17, 15) is 0 Å². The summed E-state index contributed by atoms with van der Waals surface area (Å²) < 4.78 is 43.1. The highest BCUT2D eigenvalue weighted by atomic mass is 31.1. The standard InChI is InChI=1S/C65H98O6P2/c1-24-41(8)31-45-32-42(9)33-49-50-35-46(60(12,13)25-2)38-53(63(18,19)28-5)57(50)69-72(68-56(45)49)66-43(10)34-44(11)67-73-70-58-51(36-47(61(14,15)26-3)39-54(58)64(20,21)29-6)52-37-48(62(16,17)27-4)40-55(59(52)71-73)65(22,23)30-7/h32-33,35-41,43-44H,24-31,34H2,1-23H3/t41?,43-,44-,72?/m1/s1. The molecule has 73 heavy (non-hydrogen) atoms. The van der Waals surface area contributed by atoms with E-state index in [4.69, 9.17) is 25.8 Å². The zero-order chi connectivity index (χ0) is 54.4. The van der Waals surface area contributed by atoms with Gasteiger partial charge in [0.25, 0.3) is 0 Å². The smallest absolute Gasteiger partial charge is 0.387 e. The van der Waals surface area contributed by atoms with Crippen molar-refractivity contribution in [3.63, 3.8) is 0 Å². The molecule has 0 aliphatic carbocycles. The van der Waals surface area contributed by atoms with Crippen LogP contribution >= 0.6 is 16.5 Å². The van der Waals surface area contributed by atoms with E-state index < -0.39 is 16.5 Å². The lowest BCUT2D eigenvalue weighted by molar-refractivity contribution is 0.184. The molecule has 404 valence electrons. The monoisotopic (exact) mass is 1040 g/mol. The Morgan fingerprint density at radius 2 is 0.712 bits per heavy atom. The van der Waals surface area contributed by atoms with Gasteiger partial charge in [-0.15, -0.1) is 0 Å². The first-order valence-electron chi connectivity index (χ1n) is 28.3. The van der Waals surface area contributed by atoms with E-state index in [-0.39, 0.29) is 44.7 Å². The van der Waals surface area contributed by atoms with Gasteiger partial charge in [0, 0.05) is 44.7 Å². The topological polar surface area (TPSA) is 71.0 Å². The molecule has 6 nitrogen and oxygen atoms in total. The van der Waals surface area contributed by atoms with Crippen LogP contribution in [0.15, 0.2) is 65.3 Å². The van der Waals surface area contributed by atoms with Crippen LogP contribution in [0.25, 0.3) is 43.9 Å². The maximum Gasteiger partial charge on any atom is 0.387 e. The van der Waals surface area contributed by atoms with Crippen molar-refractivity contribution in [3.8, 4) is 0 Å². The highest BCUT2D eigenvalue weighted by Crippen LogP contribution is 2.49. The predicted molar refractivity (Wildman–Crippen MR) is 317 cm³/mol. The minimum atomic E-state index is -1.92. The van der Waals surface area contributed by atoms with Crippen molar-refractivity contribution < 1.29 is 25.8 Å². The second-order valence-electron chi connectivity index (χ2n) is 26.0. The molecule has 0 fully saturated rings. The molecule has 0 aliphatic heterocycles. The molecule has 0 radical (unpaired) electrons. The van der Waals surface area contributed by atoms with Crippen LogP contribution in [-0.2, 0) is 38.9 Å². The number of rotatable bonds is 21. The molecule has 0 spiro atoms. The molecule has 4 atom stereocenters. The van der Waals surface area contributed by atoms with Gasteiger partial charge in [0.15, 0.2) is 0 Å². The quantitative estimate of drug-likeness (QED) is 0.0715. The second kappa shape index (κ2) is 22.3. The zero-order valence-corrected chi connectivity index (χ0v) is 51.8. The summed E-state index contributed by atoms with van der Waals surface area (Å²) in [6, 6.07) is 19.0. The Hall–Kier alpha value is -3.40. The first-order chi connectivity index (χ1) is 33.9. The Bertz CT molecular complexity index is 2900. The average Bonchev–Trinajstić information content (AvgIpc) is 3.59. The number of aryl methyl sites for hydroxylation is 1. The summed E-state index contributed by atoms with van der Waals surface area (Å²) in [6.45, 7) is 52.9. The molecular weight excluding hydrogens is 939 g/mol. The molecule has 6 rings (SSSR count). The van der Waals surface area contributed by atoms with Gasteiger partial charge in [-0.05, 0) is 156 Å². The van der Waals surface area contributed by atoms with Crippen LogP contribution in [0.3, 0.4) is 0 Å². The van der Waals surface area contributed by atoms with Crippen molar-refractivity contribution in [1.82, 2.24) is 0 Å². The molecular formula is C65H98O6P2. The summed E-state index contributed by atoms with van der Waals surface area (Å²) in [7, 11) is -3.80. The van der Waals surface area contributed by atoms with Crippen molar-refractivity contribution >= 4 is 60.4 Å². The van der Waals surface area contributed by atoms with E-state index in [0.717, 1.165) is 95.2 Å². The number of benzene rings is 4. The normalized spacial score (nSPS) is 14.9. The Balaban J connectivity index is 1.57. The van der Waals surface area contributed by atoms with E-state index in [1.54, 1.807) is 0 Å². The lowest BCUT2D eigenvalue weighted by atomic mass is 9.74. The van der Waals surface area contributed by atoms with E-state index >= 15 is 0 Å². The predicted octanol–water partition coefficient (Wildman–Crippen LogP) is 21.6. The van der Waals surface area contributed by atoms with Crippen LogP contribution in [0.5, 0.6) is 0 Å². The third-order valence-electron chi connectivity index (χ3n) is 18.1. The highest BCUT2D eigenvalue weighted by molar-refractivity contribution is 7.32. The van der Waals surface area contributed by atoms with Gasteiger partial charge in [-0.3, -0.25) is 9.05 Å². The molecule has 0 amide bonds. The summed E-state index contributed by atoms with van der Waals surface area (Å²) in [5, 5.41) is 4.37. The minimum absolute atomic E-state index is 0.0297. The first-order valence-corrected chi connectivity index (χ1v) is 30.5. The van der Waals surface area contributed by atoms with Gasteiger partial charge in [0.05, 0.1) is 12.2 Å². The van der Waals surface area contributed by atoms with Crippen molar-refractivity contribution in [3.05, 3.63) is 93.0 Å². The zero-order valence-electron chi connectivity index (χ0n) is 50.1. The van der Waals surface area contributed by atoms with Crippen molar-refractivity contribution in [1.29, 1.82) is 0 Å². The van der Waals surface area contributed by atoms with Gasteiger partial charge in [-0.1, -0.05) is 169 Å². The van der Waals surface area contributed by atoms with Crippen LogP contribution < -0.4 is 9.05 Å². The van der Waals surface area contributed by atoms with Crippen LogP contribution in [0.1, 0.15) is 248 Å².